The smallest absolute Gasteiger partial charge is 0.251 e. The molecule has 1 aliphatic carbocycles. The van der Waals surface area contributed by atoms with Crippen LogP contribution in [0.5, 0.6) is 0 Å². The molecule has 0 aliphatic heterocycles. The van der Waals surface area contributed by atoms with Crippen LogP contribution in [0.3, 0.4) is 0 Å². The molecule has 1 N–H and O–H groups in total. The fourth-order valence-electron chi connectivity index (χ4n) is 3.34. The number of hydrogen-bond acceptors (Lipinski definition) is 1. The van der Waals surface area contributed by atoms with Crippen molar-refractivity contribution in [1.29, 1.82) is 0 Å². The number of carbonyl (C=O) groups is 1. The van der Waals surface area contributed by atoms with Gasteiger partial charge in [-0.05, 0) is 67.9 Å². The van der Waals surface area contributed by atoms with Crippen LogP contribution in [0.1, 0.15) is 64.8 Å². The van der Waals surface area contributed by atoms with Gasteiger partial charge in [0.05, 0.1) is 6.04 Å². The van der Waals surface area contributed by atoms with E-state index in [2.05, 4.69) is 30.4 Å². The molecule has 0 unspecified atom stereocenters. The number of rotatable bonds is 4. The standard InChI is InChI=1S/C21H25NO/c1-3-20(22-21(23)17-10-8-15(2)9-11-17)19-13-12-16-6-4-5-7-18(16)14-19/h8-14,20H,3-7H2,1-2H3,(H,22,23)/t20-/m0/s1. The van der Waals surface area contributed by atoms with Crippen LogP contribution in [0.15, 0.2) is 42.5 Å². The van der Waals surface area contributed by atoms with Gasteiger partial charge in [-0.3, -0.25) is 4.79 Å². The van der Waals surface area contributed by atoms with Crippen LogP contribution in [-0.4, -0.2) is 5.91 Å². The largest absolute Gasteiger partial charge is 0.345 e. The third-order valence-corrected chi connectivity index (χ3v) is 4.80. The predicted octanol–water partition coefficient (Wildman–Crippen LogP) is 4.75. The van der Waals surface area contributed by atoms with E-state index in [0.29, 0.717) is 0 Å². The molecule has 2 aromatic carbocycles. The normalized spacial score (nSPS) is 14.9. The van der Waals surface area contributed by atoms with Gasteiger partial charge in [0.1, 0.15) is 0 Å². The summed E-state index contributed by atoms with van der Waals surface area (Å²) < 4.78 is 0. The number of carbonyl (C=O) groups excluding carboxylic acids is 1. The highest BCUT2D eigenvalue weighted by Gasteiger charge is 2.16. The van der Waals surface area contributed by atoms with E-state index in [1.807, 2.05) is 31.2 Å². The lowest BCUT2D eigenvalue weighted by atomic mass is 9.88. The zero-order valence-corrected chi connectivity index (χ0v) is 14.1. The van der Waals surface area contributed by atoms with Gasteiger partial charge in [0.15, 0.2) is 0 Å². The van der Waals surface area contributed by atoms with E-state index in [4.69, 9.17) is 0 Å². The first-order valence-corrected chi connectivity index (χ1v) is 8.66. The van der Waals surface area contributed by atoms with Crippen molar-refractivity contribution in [3.8, 4) is 0 Å². The van der Waals surface area contributed by atoms with Crippen molar-refractivity contribution in [2.75, 3.05) is 0 Å². The lowest BCUT2D eigenvalue weighted by Crippen LogP contribution is -2.28. The van der Waals surface area contributed by atoms with Crippen molar-refractivity contribution in [3.05, 3.63) is 70.3 Å². The molecule has 0 aromatic heterocycles. The molecule has 2 nitrogen and oxygen atoms in total. The summed E-state index contributed by atoms with van der Waals surface area (Å²) in [6.07, 6.45) is 5.85. The maximum Gasteiger partial charge on any atom is 0.251 e. The molecular formula is C21H25NO. The van der Waals surface area contributed by atoms with E-state index in [1.165, 1.54) is 47.9 Å². The highest BCUT2D eigenvalue weighted by Crippen LogP contribution is 2.26. The number of benzene rings is 2. The molecule has 0 fully saturated rings. The Morgan fingerprint density at radius 2 is 1.74 bits per heavy atom. The molecule has 1 atom stereocenters. The Bertz CT molecular complexity index is 687. The molecule has 3 rings (SSSR count). The molecule has 0 heterocycles. The summed E-state index contributed by atoms with van der Waals surface area (Å²) in [6, 6.07) is 14.6. The van der Waals surface area contributed by atoms with Gasteiger partial charge < -0.3 is 5.32 Å². The van der Waals surface area contributed by atoms with Crippen LogP contribution in [-0.2, 0) is 12.8 Å². The fraction of sp³-hybridized carbons (Fsp3) is 0.381. The average Bonchev–Trinajstić information content (AvgIpc) is 2.59. The van der Waals surface area contributed by atoms with E-state index in [0.717, 1.165) is 12.0 Å². The number of fused-ring (bicyclic) bond motifs is 1. The average molecular weight is 307 g/mol. The van der Waals surface area contributed by atoms with E-state index in [9.17, 15) is 4.79 Å². The van der Waals surface area contributed by atoms with Gasteiger partial charge in [0.2, 0.25) is 0 Å². The lowest BCUT2D eigenvalue weighted by Gasteiger charge is -2.22. The van der Waals surface area contributed by atoms with Crippen molar-refractivity contribution in [2.24, 2.45) is 0 Å². The third-order valence-electron chi connectivity index (χ3n) is 4.80. The second-order valence-corrected chi connectivity index (χ2v) is 6.54. The summed E-state index contributed by atoms with van der Waals surface area (Å²) in [7, 11) is 0. The zero-order chi connectivity index (χ0) is 16.2. The summed E-state index contributed by atoms with van der Waals surface area (Å²) >= 11 is 0. The van der Waals surface area contributed by atoms with E-state index < -0.39 is 0 Å². The predicted molar refractivity (Wildman–Crippen MR) is 94.8 cm³/mol. The summed E-state index contributed by atoms with van der Waals surface area (Å²) in [4.78, 5) is 12.5. The molecule has 1 aliphatic rings. The van der Waals surface area contributed by atoms with E-state index >= 15 is 0 Å². The van der Waals surface area contributed by atoms with E-state index in [1.54, 1.807) is 0 Å². The van der Waals surface area contributed by atoms with Crippen molar-refractivity contribution in [3.63, 3.8) is 0 Å². The third kappa shape index (κ3) is 3.64. The molecule has 0 spiro atoms. The Morgan fingerprint density at radius 1 is 1.04 bits per heavy atom. The van der Waals surface area contributed by atoms with Gasteiger partial charge in [-0.25, -0.2) is 0 Å². The van der Waals surface area contributed by atoms with Gasteiger partial charge >= 0.3 is 0 Å². The second kappa shape index (κ2) is 6.99. The highest BCUT2D eigenvalue weighted by molar-refractivity contribution is 5.94. The lowest BCUT2D eigenvalue weighted by molar-refractivity contribution is 0.0935. The molecule has 1 amide bonds. The molecule has 0 bridgehead atoms. The number of amides is 1. The number of aryl methyl sites for hydroxylation is 3. The molecule has 0 saturated heterocycles. The Kier molecular flexibility index (Phi) is 4.80. The minimum absolute atomic E-state index is 0.00886. The molecule has 23 heavy (non-hydrogen) atoms. The first-order valence-electron chi connectivity index (χ1n) is 8.66. The Hall–Kier alpha value is -2.09. The van der Waals surface area contributed by atoms with Crippen molar-refractivity contribution in [1.82, 2.24) is 5.32 Å². The van der Waals surface area contributed by atoms with Crippen molar-refractivity contribution >= 4 is 5.91 Å². The van der Waals surface area contributed by atoms with Crippen LogP contribution in [0.25, 0.3) is 0 Å². The molecule has 0 radical (unpaired) electrons. The van der Waals surface area contributed by atoms with Gasteiger partial charge in [0.25, 0.3) is 5.91 Å². The van der Waals surface area contributed by atoms with Crippen molar-refractivity contribution < 1.29 is 4.79 Å². The van der Waals surface area contributed by atoms with Crippen molar-refractivity contribution in [2.45, 2.75) is 52.0 Å². The van der Waals surface area contributed by atoms with E-state index in [-0.39, 0.29) is 11.9 Å². The van der Waals surface area contributed by atoms with Gasteiger partial charge in [-0.15, -0.1) is 0 Å². The molecule has 120 valence electrons. The molecule has 0 saturated carbocycles. The maximum atomic E-state index is 12.5. The SMILES string of the molecule is CC[C@H](NC(=O)c1ccc(C)cc1)c1ccc2c(c1)CCCC2. The topological polar surface area (TPSA) is 29.1 Å². The number of hydrogen-bond donors (Lipinski definition) is 1. The first-order chi connectivity index (χ1) is 11.2. The second-order valence-electron chi connectivity index (χ2n) is 6.54. The first kappa shape index (κ1) is 15.8. The van der Waals surface area contributed by atoms with Crippen LogP contribution in [0.2, 0.25) is 0 Å². The minimum atomic E-state index is 0.00886. The highest BCUT2D eigenvalue weighted by atomic mass is 16.1. The van der Waals surface area contributed by atoms with Gasteiger partial charge in [-0.2, -0.15) is 0 Å². The molecule has 2 aromatic rings. The van der Waals surface area contributed by atoms with Crippen LogP contribution in [0, 0.1) is 6.92 Å². The Morgan fingerprint density at radius 3 is 2.43 bits per heavy atom. The van der Waals surface area contributed by atoms with Crippen LogP contribution < -0.4 is 5.32 Å². The summed E-state index contributed by atoms with van der Waals surface area (Å²) in [5.41, 5.74) is 6.08. The number of nitrogens with one attached hydrogen (secondary N) is 1. The monoisotopic (exact) mass is 307 g/mol. The minimum Gasteiger partial charge on any atom is -0.345 e. The Labute approximate surface area is 138 Å². The molecule has 2 heteroatoms. The van der Waals surface area contributed by atoms with Crippen LogP contribution >= 0.6 is 0 Å². The van der Waals surface area contributed by atoms with Crippen LogP contribution in [0.4, 0.5) is 0 Å². The van der Waals surface area contributed by atoms with Gasteiger partial charge in [0, 0.05) is 5.56 Å². The summed E-state index contributed by atoms with van der Waals surface area (Å²) in [5.74, 6) is 0.00886. The zero-order valence-electron chi connectivity index (χ0n) is 14.1. The quantitative estimate of drug-likeness (QED) is 0.867. The molecular weight excluding hydrogens is 282 g/mol. The van der Waals surface area contributed by atoms with Gasteiger partial charge in [-0.1, -0.05) is 42.8 Å². The maximum absolute atomic E-state index is 12.5. The Balaban J connectivity index is 1.77. The fourth-order valence-corrected chi connectivity index (χ4v) is 3.34. The summed E-state index contributed by atoms with van der Waals surface area (Å²) in [5, 5.41) is 3.19. The summed E-state index contributed by atoms with van der Waals surface area (Å²) in [6.45, 7) is 4.16.